The van der Waals surface area contributed by atoms with Gasteiger partial charge < -0.3 is 19.7 Å². The topological polar surface area (TPSA) is 76.0 Å². The van der Waals surface area contributed by atoms with Crippen LogP contribution in [0.1, 0.15) is 6.42 Å². The van der Waals surface area contributed by atoms with Crippen LogP contribution in [-0.2, 0) is 14.3 Å². The Bertz CT molecular complexity index is 114. The molecule has 0 fully saturated rings. The Hall–Kier alpha value is -0.650. The van der Waals surface area contributed by atoms with Gasteiger partial charge in [0.25, 0.3) is 0 Å². The minimum Gasteiger partial charge on any atom is -0.480 e. The van der Waals surface area contributed by atoms with Crippen molar-refractivity contribution in [3.63, 3.8) is 0 Å². The molecule has 0 spiro atoms. The third kappa shape index (κ3) is 9.35. The molecule has 0 radical (unpaired) electrons. The van der Waals surface area contributed by atoms with E-state index in [9.17, 15) is 4.79 Å². The Morgan fingerprint density at radius 2 is 1.83 bits per heavy atom. The molecule has 5 nitrogen and oxygen atoms in total. The number of carboxylic acid groups (broad SMARTS) is 1. The molecule has 0 rings (SSSR count). The average molecular weight is 178 g/mol. The fourth-order valence-electron chi connectivity index (χ4n) is 0.546. The molecule has 0 aromatic carbocycles. The van der Waals surface area contributed by atoms with Crippen LogP contribution >= 0.6 is 0 Å². The van der Waals surface area contributed by atoms with E-state index in [0.29, 0.717) is 19.6 Å². The fraction of sp³-hybridized carbons (Fsp3) is 0.857. The minimum atomic E-state index is -0.981. The second-order valence-corrected chi connectivity index (χ2v) is 2.14. The molecule has 0 aliphatic heterocycles. The van der Waals surface area contributed by atoms with Crippen LogP contribution in [0.2, 0.25) is 0 Å². The first-order chi connectivity index (χ1) is 5.77. The molecule has 2 N–H and O–H groups in total. The van der Waals surface area contributed by atoms with Crippen LogP contribution < -0.4 is 0 Å². The summed E-state index contributed by atoms with van der Waals surface area (Å²) in [6, 6.07) is 0. The predicted molar refractivity (Wildman–Crippen MR) is 41.0 cm³/mol. The van der Waals surface area contributed by atoms with Gasteiger partial charge in [-0.15, -0.1) is 0 Å². The molecule has 0 aliphatic carbocycles. The van der Waals surface area contributed by atoms with Gasteiger partial charge in [0, 0.05) is 13.2 Å². The Morgan fingerprint density at radius 3 is 2.42 bits per heavy atom. The fourth-order valence-corrected chi connectivity index (χ4v) is 0.546. The Morgan fingerprint density at radius 1 is 1.17 bits per heavy atom. The zero-order valence-corrected chi connectivity index (χ0v) is 6.86. The van der Waals surface area contributed by atoms with Crippen molar-refractivity contribution in [1.82, 2.24) is 0 Å². The van der Waals surface area contributed by atoms with Crippen LogP contribution in [0, 0.1) is 0 Å². The molecular weight excluding hydrogens is 164 g/mol. The first-order valence-electron chi connectivity index (χ1n) is 3.75. The van der Waals surface area contributed by atoms with Gasteiger partial charge in [-0.3, -0.25) is 0 Å². The van der Waals surface area contributed by atoms with Crippen LogP contribution in [0.25, 0.3) is 0 Å². The van der Waals surface area contributed by atoms with E-state index in [1.807, 2.05) is 0 Å². The highest BCUT2D eigenvalue weighted by atomic mass is 16.5. The highest BCUT2D eigenvalue weighted by molar-refractivity contribution is 5.67. The summed E-state index contributed by atoms with van der Waals surface area (Å²) < 4.78 is 9.67. The van der Waals surface area contributed by atoms with Gasteiger partial charge in [-0.2, -0.15) is 0 Å². The van der Waals surface area contributed by atoms with Gasteiger partial charge in [0.1, 0.15) is 6.61 Å². The highest BCUT2D eigenvalue weighted by Gasteiger charge is 1.95. The normalized spacial score (nSPS) is 10.1. The summed E-state index contributed by atoms with van der Waals surface area (Å²) in [5, 5.41) is 16.5. The van der Waals surface area contributed by atoms with Crippen molar-refractivity contribution in [3.05, 3.63) is 0 Å². The number of rotatable bonds is 8. The van der Waals surface area contributed by atoms with Gasteiger partial charge in [-0.05, 0) is 6.42 Å². The highest BCUT2D eigenvalue weighted by Crippen LogP contribution is 1.82. The summed E-state index contributed by atoms with van der Waals surface area (Å²) in [6.07, 6.45) is 0.596. The van der Waals surface area contributed by atoms with E-state index >= 15 is 0 Å². The maximum absolute atomic E-state index is 9.94. The molecule has 0 aromatic heterocycles. The Balaban J connectivity index is 2.86. The van der Waals surface area contributed by atoms with Gasteiger partial charge in [0.15, 0.2) is 0 Å². The third-order valence-corrected chi connectivity index (χ3v) is 1.04. The number of aliphatic carboxylic acids is 1. The first kappa shape index (κ1) is 11.4. The number of carboxylic acids is 1. The predicted octanol–water partition coefficient (Wildman–Crippen LogP) is -0.513. The van der Waals surface area contributed by atoms with Crippen molar-refractivity contribution >= 4 is 5.97 Å². The molecule has 0 saturated carbocycles. The maximum atomic E-state index is 9.94. The van der Waals surface area contributed by atoms with Crippen LogP contribution in [0.5, 0.6) is 0 Å². The van der Waals surface area contributed by atoms with Crippen molar-refractivity contribution in [3.8, 4) is 0 Å². The molecule has 0 amide bonds. The van der Waals surface area contributed by atoms with Gasteiger partial charge in [0.2, 0.25) is 0 Å². The smallest absolute Gasteiger partial charge is 0.329 e. The second kappa shape index (κ2) is 8.45. The lowest BCUT2D eigenvalue weighted by atomic mass is 10.5. The summed E-state index contributed by atoms with van der Waals surface area (Å²) in [5.41, 5.74) is 0. The SMILES string of the molecule is O=C(O)COCCOCCCO. The van der Waals surface area contributed by atoms with Crippen LogP contribution in [0.4, 0.5) is 0 Å². The zero-order chi connectivity index (χ0) is 9.23. The van der Waals surface area contributed by atoms with E-state index in [4.69, 9.17) is 14.9 Å². The number of carbonyl (C=O) groups is 1. The van der Waals surface area contributed by atoms with Gasteiger partial charge in [0.05, 0.1) is 13.2 Å². The molecule has 5 heteroatoms. The molecular formula is C7H14O5. The van der Waals surface area contributed by atoms with E-state index in [1.165, 1.54) is 0 Å². The minimum absolute atomic E-state index is 0.107. The number of aliphatic hydroxyl groups is 1. The van der Waals surface area contributed by atoms with E-state index in [1.54, 1.807) is 0 Å². The van der Waals surface area contributed by atoms with Gasteiger partial charge in [-0.1, -0.05) is 0 Å². The molecule has 12 heavy (non-hydrogen) atoms. The van der Waals surface area contributed by atoms with Crippen LogP contribution in [0.15, 0.2) is 0 Å². The van der Waals surface area contributed by atoms with E-state index in [0.717, 1.165) is 0 Å². The van der Waals surface area contributed by atoms with E-state index in [-0.39, 0.29) is 19.8 Å². The lowest BCUT2D eigenvalue weighted by Crippen LogP contribution is -2.11. The van der Waals surface area contributed by atoms with Crippen LogP contribution in [0.3, 0.4) is 0 Å². The van der Waals surface area contributed by atoms with Gasteiger partial charge in [-0.25, -0.2) is 4.79 Å². The lowest BCUT2D eigenvalue weighted by molar-refractivity contribution is -0.142. The molecule has 0 bridgehead atoms. The number of ether oxygens (including phenoxy) is 2. The van der Waals surface area contributed by atoms with Crippen molar-refractivity contribution in [2.45, 2.75) is 6.42 Å². The first-order valence-corrected chi connectivity index (χ1v) is 3.75. The number of aliphatic hydroxyl groups excluding tert-OH is 1. The number of hydrogen-bond acceptors (Lipinski definition) is 4. The standard InChI is InChI=1S/C7H14O5/c8-2-1-3-11-4-5-12-6-7(9)10/h8H,1-6H2,(H,9,10). The summed E-state index contributed by atoms with van der Waals surface area (Å²) in [5.74, 6) is -0.981. The molecule has 0 unspecified atom stereocenters. The quantitative estimate of drug-likeness (QED) is 0.489. The monoisotopic (exact) mass is 178 g/mol. The largest absolute Gasteiger partial charge is 0.480 e. The van der Waals surface area contributed by atoms with Crippen molar-refractivity contribution < 1.29 is 24.5 Å². The van der Waals surface area contributed by atoms with Crippen molar-refractivity contribution in [1.29, 1.82) is 0 Å². The molecule has 0 heterocycles. The maximum Gasteiger partial charge on any atom is 0.329 e. The zero-order valence-electron chi connectivity index (χ0n) is 6.86. The van der Waals surface area contributed by atoms with E-state index < -0.39 is 5.97 Å². The lowest BCUT2D eigenvalue weighted by Gasteiger charge is -2.02. The molecule has 0 aliphatic rings. The third-order valence-electron chi connectivity index (χ3n) is 1.04. The van der Waals surface area contributed by atoms with Crippen molar-refractivity contribution in [2.24, 2.45) is 0 Å². The summed E-state index contributed by atoms with van der Waals surface area (Å²) in [4.78, 5) is 9.94. The van der Waals surface area contributed by atoms with E-state index in [2.05, 4.69) is 4.74 Å². The Kier molecular flexibility index (Phi) is 7.99. The molecule has 0 aromatic rings. The molecule has 0 saturated heterocycles. The molecule has 72 valence electrons. The number of hydrogen-bond donors (Lipinski definition) is 2. The summed E-state index contributed by atoms with van der Waals surface area (Å²) in [6.45, 7) is 0.942. The summed E-state index contributed by atoms with van der Waals surface area (Å²) >= 11 is 0. The molecule has 0 atom stereocenters. The van der Waals surface area contributed by atoms with Gasteiger partial charge >= 0.3 is 5.97 Å². The Labute approximate surface area is 70.9 Å². The summed E-state index contributed by atoms with van der Waals surface area (Å²) in [7, 11) is 0. The second-order valence-electron chi connectivity index (χ2n) is 2.14. The van der Waals surface area contributed by atoms with Crippen LogP contribution in [-0.4, -0.2) is 49.2 Å². The van der Waals surface area contributed by atoms with Crippen molar-refractivity contribution in [2.75, 3.05) is 33.0 Å². The average Bonchev–Trinajstić information content (AvgIpc) is 2.02.